The van der Waals surface area contributed by atoms with Crippen LogP contribution < -0.4 is 0 Å². The van der Waals surface area contributed by atoms with Gasteiger partial charge in [-0.1, -0.05) is 5.16 Å². The summed E-state index contributed by atoms with van der Waals surface area (Å²) in [6, 6.07) is 3.94. The van der Waals surface area contributed by atoms with Crippen LogP contribution in [-0.4, -0.2) is 30.8 Å². The first kappa shape index (κ1) is 14.5. The van der Waals surface area contributed by atoms with Crippen molar-refractivity contribution in [3.8, 4) is 5.82 Å². The Kier molecular flexibility index (Phi) is 3.53. The summed E-state index contributed by atoms with van der Waals surface area (Å²) < 4.78 is 9.23. The summed E-state index contributed by atoms with van der Waals surface area (Å²) in [6.45, 7) is 7.74. The molecule has 1 N–H and O–H groups in total. The fourth-order valence-corrected chi connectivity index (χ4v) is 2.58. The van der Waals surface area contributed by atoms with Crippen molar-refractivity contribution in [3.05, 3.63) is 45.4 Å². The molecule has 22 heavy (non-hydrogen) atoms. The summed E-state index contributed by atoms with van der Waals surface area (Å²) in [4.78, 5) is 0. The molecule has 0 bridgehead atoms. The molecule has 0 saturated carbocycles. The van der Waals surface area contributed by atoms with E-state index < -0.39 is 0 Å². The zero-order valence-corrected chi connectivity index (χ0v) is 13.6. The van der Waals surface area contributed by atoms with Gasteiger partial charge in [0.05, 0.1) is 6.21 Å². The van der Waals surface area contributed by atoms with Crippen LogP contribution in [0.15, 0.2) is 21.8 Å². The highest BCUT2D eigenvalue weighted by atomic mass is 32.1. The molecule has 0 spiro atoms. The number of rotatable bonds is 3. The molecule has 0 unspecified atom stereocenters. The number of H-pyrrole nitrogens is 1. The lowest BCUT2D eigenvalue weighted by Gasteiger charge is -2.03. The van der Waals surface area contributed by atoms with Crippen molar-refractivity contribution in [1.82, 2.24) is 24.6 Å². The SMILES string of the molecule is Cc1cc(-n2c(C)cc(/C=N\n3c(C)n[nH]c3=S)c2C)no1. The molecule has 0 aliphatic heterocycles. The second kappa shape index (κ2) is 5.38. The molecular weight excluding hydrogens is 300 g/mol. The van der Waals surface area contributed by atoms with E-state index in [1.165, 1.54) is 0 Å². The zero-order chi connectivity index (χ0) is 15.9. The van der Waals surface area contributed by atoms with Gasteiger partial charge >= 0.3 is 0 Å². The van der Waals surface area contributed by atoms with Crippen LogP contribution in [0.5, 0.6) is 0 Å². The highest BCUT2D eigenvalue weighted by Crippen LogP contribution is 2.19. The lowest BCUT2D eigenvalue weighted by atomic mass is 10.3. The monoisotopic (exact) mass is 316 g/mol. The minimum atomic E-state index is 0.467. The van der Waals surface area contributed by atoms with Crippen LogP contribution in [0, 0.1) is 32.5 Å². The summed E-state index contributed by atoms with van der Waals surface area (Å²) in [5, 5.41) is 15.2. The maximum absolute atomic E-state index is 5.15. The van der Waals surface area contributed by atoms with E-state index in [0.717, 1.165) is 28.5 Å². The Morgan fingerprint density at radius 1 is 1.27 bits per heavy atom. The van der Waals surface area contributed by atoms with Gasteiger partial charge in [-0.05, 0) is 46.0 Å². The summed E-state index contributed by atoms with van der Waals surface area (Å²) >= 11 is 5.13. The van der Waals surface area contributed by atoms with E-state index in [4.69, 9.17) is 16.7 Å². The molecule has 0 saturated heterocycles. The van der Waals surface area contributed by atoms with Crippen molar-refractivity contribution in [3.63, 3.8) is 0 Å². The second-order valence-corrected chi connectivity index (χ2v) is 5.48. The maximum Gasteiger partial charge on any atom is 0.216 e. The zero-order valence-electron chi connectivity index (χ0n) is 12.8. The van der Waals surface area contributed by atoms with E-state index in [2.05, 4.69) is 20.5 Å². The summed E-state index contributed by atoms with van der Waals surface area (Å²) in [7, 11) is 0. The molecule has 114 valence electrons. The lowest BCUT2D eigenvalue weighted by molar-refractivity contribution is 0.394. The van der Waals surface area contributed by atoms with Crippen molar-refractivity contribution in [1.29, 1.82) is 0 Å². The highest BCUT2D eigenvalue weighted by Gasteiger charge is 2.12. The molecule has 3 aromatic heterocycles. The highest BCUT2D eigenvalue weighted by molar-refractivity contribution is 7.71. The van der Waals surface area contributed by atoms with Crippen LogP contribution in [-0.2, 0) is 0 Å². The minimum Gasteiger partial charge on any atom is -0.360 e. The van der Waals surface area contributed by atoms with Crippen LogP contribution in [0.2, 0.25) is 0 Å². The number of aromatic nitrogens is 5. The molecule has 0 atom stereocenters. The first-order chi connectivity index (χ1) is 10.5. The van der Waals surface area contributed by atoms with Gasteiger partial charge in [0, 0.05) is 23.0 Å². The summed E-state index contributed by atoms with van der Waals surface area (Å²) in [6.07, 6.45) is 1.77. The van der Waals surface area contributed by atoms with Gasteiger partial charge in [-0.2, -0.15) is 14.9 Å². The maximum atomic E-state index is 5.15. The average Bonchev–Trinajstić information content (AvgIpc) is 3.09. The Morgan fingerprint density at radius 3 is 2.64 bits per heavy atom. The Hall–Kier alpha value is -2.48. The summed E-state index contributed by atoms with van der Waals surface area (Å²) in [5.41, 5.74) is 3.07. The van der Waals surface area contributed by atoms with Gasteiger partial charge in [0.25, 0.3) is 0 Å². The van der Waals surface area contributed by atoms with E-state index in [1.54, 1.807) is 10.9 Å². The fourth-order valence-electron chi connectivity index (χ4n) is 2.36. The van der Waals surface area contributed by atoms with E-state index >= 15 is 0 Å². The lowest BCUT2D eigenvalue weighted by Crippen LogP contribution is -2.00. The number of nitrogens with one attached hydrogen (secondary N) is 1. The molecule has 0 aliphatic carbocycles. The van der Waals surface area contributed by atoms with Crippen molar-refractivity contribution in [2.45, 2.75) is 27.7 Å². The number of hydrogen-bond acceptors (Lipinski definition) is 5. The number of hydrogen-bond donors (Lipinski definition) is 1. The molecule has 0 aromatic carbocycles. The molecule has 3 aromatic rings. The molecule has 3 heterocycles. The van der Waals surface area contributed by atoms with Crippen molar-refractivity contribution in [2.75, 3.05) is 0 Å². The fraction of sp³-hybridized carbons (Fsp3) is 0.286. The molecule has 0 fully saturated rings. The Bertz CT molecular complexity index is 910. The van der Waals surface area contributed by atoms with Gasteiger partial charge in [-0.15, -0.1) is 0 Å². The van der Waals surface area contributed by atoms with E-state index in [-0.39, 0.29) is 0 Å². The Balaban J connectivity index is 2.02. The third kappa shape index (κ3) is 2.41. The van der Waals surface area contributed by atoms with E-state index in [0.29, 0.717) is 10.6 Å². The van der Waals surface area contributed by atoms with E-state index in [9.17, 15) is 0 Å². The standard InChI is InChI=1S/C14H16N6OS/c1-8-5-12(7-15-20-11(4)16-17-14(20)22)10(3)19(8)13-6-9(2)21-18-13/h5-7H,1-4H3,(H,17,22)/b15-7-. The molecular formula is C14H16N6OS. The predicted molar refractivity (Wildman–Crippen MR) is 85.2 cm³/mol. The third-order valence-electron chi connectivity index (χ3n) is 3.44. The third-order valence-corrected chi connectivity index (χ3v) is 3.70. The van der Waals surface area contributed by atoms with Crippen molar-refractivity contribution in [2.24, 2.45) is 5.10 Å². The summed E-state index contributed by atoms with van der Waals surface area (Å²) in [5.74, 6) is 2.25. The van der Waals surface area contributed by atoms with Gasteiger partial charge in [-0.3, -0.25) is 9.67 Å². The van der Waals surface area contributed by atoms with Gasteiger partial charge in [0.2, 0.25) is 4.77 Å². The minimum absolute atomic E-state index is 0.467. The number of nitrogens with zero attached hydrogens (tertiary/aromatic N) is 5. The quantitative estimate of drug-likeness (QED) is 0.595. The van der Waals surface area contributed by atoms with Crippen LogP contribution in [0.4, 0.5) is 0 Å². The molecule has 0 radical (unpaired) electrons. The molecule has 0 amide bonds. The van der Waals surface area contributed by atoms with Gasteiger partial charge in [0.15, 0.2) is 5.82 Å². The molecule has 3 rings (SSSR count). The van der Waals surface area contributed by atoms with Gasteiger partial charge in [0.1, 0.15) is 11.6 Å². The van der Waals surface area contributed by atoms with Crippen LogP contribution >= 0.6 is 12.2 Å². The largest absolute Gasteiger partial charge is 0.360 e. The predicted octanol–water partition coefficient (Wildman–Crippen LogP) is 2.84. The van der Waals surface area contributed by atoms with Crippen LogP contribution in [0.1, 0.15) is 28.5 Å². The second-order valence-electron chi connectivity index (χ2n) is 5.09. The average molecular weight is 316 g/mol. The Labute approximate surface area is 132 Å². The first-order valence-corrected chi connectivity index (χ1v) is 7.19. The molecule has 0 aliphatic rings. The van der Waals surface area contributed by atoms with E-state index in [1.807, 2.05) is 44.4 Å². The van der Waals surface area contributed by atoms with Crippen molar-refractivity contribution < 1.29 is 4.52 Å². The molecule has 8 heteroatoms. The van der Waals surface area contributed by atoms with Gasteiger partial charge in [-0.25, -0.2) is 0 Å². The molecule has 7 nitrogen and oxygen atoms in total. The number of aromatic amines is 1. The first-order valence-electron chi connectivity index (χ1n) is 6.78. The van der Waals surface area contributed by atoms with Crippen LogP contribution in [0.25, 0.3) is 5.82 Å². The van der Waals surface area contributed by atoms with Crippen molar-refractivity contribution >= 4 is 18.4 Å². The Morgan fingerprint density at radius 2 is 2.05 bits per heavy atom. The smallest absolute Gasteiger partial charge is 0.216 e. The normalized spacial score (nSPS) is 11.6. The van der Waals surface area contributed by atoms with Gasteiger partial charge < -0.3 is 4.52 Å². The van der Waals surface area contributed by atoms with Crippen LogP contribution in [0.3, 0.4) is 0 Å². The number of aryl methyl sites for hydroxylation is 3. The topological polar surface area (TPSA) is 76.9 Å².